The Balaban J connectivity index is 2.26. The Kier molecular flexibility index (Phi) is 3.39. The summed E-state index contributed by atoms with van der Waals surface area (Å²) in [5.41, 5.74) is 1.47. The van der Waals surface area contributed by atoms with Crippen LogP contribution >= 0.6 is 0 Å². The van der Waals surface area contributed by atoms with Crippen LogP contribution in [0.4, 0.5) is 0 Å². The number of hydrogen-bond donors (Lipinski definition) is 0. The van der Waals surface area contributed by atoms with E-state index in [1.807, 2.05) is 6.07 Å². The Morgan fingerprint density at radius 2 is 2.00 bits per heavy atom. The minimum absolute atomic E-state index is 1.20. The second-order valence-corrected chi connectivity index (χ2v) is 4.01. The van der Waals surface area contributed by atoms with Gasteiger partial charge in [-0.05, 0) is 35.2 Å². The zero-order valence-corrected chi connectivity index (χ0v) is 9.29. The molecule has 0 aliphatic heterocycles. The molecule has 0 heteroatoms. The Morgan fingerprint density at radius 1 is 1.07 bits per heavy atom. The van der Waals surface area contributed by atoms with Crippen LogP contribution in [0.5, 0.6) is 0 Å². The average Bonchev–Trinajstić information content (AvgIpc) is 2.30. The van der Waals surface area contributed by atoms with Crippen LogP contribution in [0, 0.1) is 6.07 Å². The van der Waals surface area contributed by atoms with Crippen LogP contribution < -0.4 is 0 Å². The van der Waals surface area contributed by atoms with Gasteiger partial charge in [0.05, 0.1) is 0 Å². The van der Waals surface area contributed by atoms with Crippen molar-refractivity contribution < 1.29 is 0 Å². The second-order valence-electron chi connectivity index (χ2n) is 4.01. The van der Waals surface area contributed by atoms with Gasteiger partial charge in [-0.2, -0.15) is 0 Å². The van der Waals surface area contributed by atoms with Gasteiger partial charge in [-0.25, -0.2) is 0 Å². The fraction of sp³-hybridized carbons (Fsp3) is 0.333. The molecule has 0 N–H and O–H groups in total. The summed E-state index contributed by atoms with van der Waals surface area (Å²) < 4.78 is 0. The van der Waals surface area contributed by atoms with E-state index >= 15 is 0 Å². The lowest BCUT2D eigenvalue weighted by Gasteiger charge is -2.05. The van der Waals surface area contributed by atoms with Crippen molar-refractivity contribution in [2.75, 3.05) is 0 Å². The van der Waals surface area contributed by atoms with Crippen molar-refractivity contribution >= 4 is 10.8 Å². The summed E-state index contributed by atoms with van der Waals surface area (Å²) in [6.45, 7) is 2.25. The number of fused-ring (bicyclic) bond motifs is 1. The zero-order valence-electron chi connectivity index (χ0n) is 9.29. The highest BCUT2D eigenvalue weighted by atomic mass is 14.0. The summed E-state index contributed by atoms with van der Waals surface area (Å²) in [6.07, 6.45) is 5.11. The molecule has 1 radical (unpaired) electrons. The van der Waals surface area contributed by atoms with Crippen molar-refractivity contribution in [3.63, 3.8) is 0 Å². The van der Waals surface area contributed by atoms with Crippen molar-refractivity contribution in [1.82, 2.24) is 0 Å². The largest absolute Gasteiger partial charge is 0.0654 e. The molecule has 0 saturated carbocycles. The molecule has 0 unspecified atom stereocenters. The lowest BCUT2D eigenvalue weighted by Crippen LogP contribution is -1.87. The molecule has 0 aromatic heterocycles. The van der Waals surface area contributed by atoms with Gasteiger partial charge in [0.15, 0.2) is 0 Å². The number of rotatable bonds is 4. The van der Waals surface area contributed by atoms with E-state index in [-0.39, 0.29) is 0 Å². The van der Waals surface area contributed by atoms with Gasteiger partial charge >= 0.3 is 0 Å². The molecule has 0 atom stereocenters. The highest BCUT2D eigenvalue weighted by Gasteiger charge is 1.99. The predicted octanol–water partition coefficient (Wildman–Crippen LogP) is 4.37. The van der Waals surface area contributed by atoms with Gasteiger partial charge in [0, 0.05) is 0 Å². The molecule has 0 aliphatic rings. The van der Waals surface area contributed by atoms with Gasteiger partial charge < -0.3 is 0 Å². The first kappa shape index (κ1) is 10.2. The summed E-state index contributed by atoms with van der Waals surface area (Å²) in [5, 5.41) is 2.61. The summed E-state index contributed by atoms with van der Waals surface area (Å²) in [7, 11) is 0. The molecular formula is C15H17. The van der Waals surface area contributed by atoms with E-state index in [9.17, 15) is 0 Å². The summed E-state index contributed by atoms with van der Waals surface area (Å²) in [6, 6.07) is 16.1. The van der Waals surface area contributed by atoms with Crippen molar-refractivity contribution in [2.24, 2.45) is 0 Å². The van der Waals surface area contributed by atoms with Crippen LogP contribution in [0.1, 0.15) is 31.7 Å². The monoisotopic (exact) mass is 197 g/mol. The first-order valence-electron chi connectivity index (χ1n) is 5.80. The molecular weight excluding hydrogens is 180 g/mol. The first-order chi connectivity index (χ1) is 7.42. The van der Waals surface area contributed by atoms with Crippen LogP contribution in [0.25, 0.3) is 10.8 Å². The highest BCUT2D eigenvalue weighted by Crippen LogP contribution is 2.19. The molecule has 0 amide bonds. The van der Waals surface area contributed by atoms with Gasteiger partial charge in [0.25, 0.3) is 0 Å². The van der Waals surface area contributed by atoms with E-state index in [0.717, 1.165) is 0 Å². The van der Waals surface area contributed by atoms with Gasteiger partial charge in [0.2, 0.25) is 0 Å². The molecule has 0 saturated heterocycles. The number of benzene rings is 2. The molecule has 0 spiro atoms. The van der Waals surface area contributed by atoms with Gasteiger partial charge in [-0.15, -0.1) is 0 Å². The smallest absolute Gasteiger partial charge is 0.00991 e. The summed E-state index contributed by atoms with van der Waals surface area (Å²) in [4.78, 5) is 0. The first-order valence-corrected chi connectivity index (χ1v) is 5.80. The minimum atomic E-state index is 1.20. The van der Waals surface area contributed by atoms with Crippen LogP contribution in [0.3, 0.4) is 0 Å². The molecule has 0 bridgehead atoms. The molecule has 0 fully saturated rings. The van der Waals surface area contributed by atoms with E-state index in [4.69, 9.17) is 0 Å². The molecule has 2 aromatic rings. The van der Waals surface area contributed by atoms with E-state index in [1.54, 1.807) is 0 Å². The highest BCUT2D eigenvalue weighted by molar-refractivity contribution is 5.85. The summed E-state index contributed by atoms with van der Waals surface area (Å²) >= 11 is 0. The Bertz CT molecular complexity index is 423. The van der Waals surface area contributed by atoms with E-state index < -0.39 is 0 Å². The second kappa shape index (κ2) is 4.97. The van der Waals surface area contributed by atoms with Gasteiger partial charge in [0.1, 0.15) is 0 Å². The maximum absolute atomic E-state index is 3.28. The third-order valence-corrected chi connectivity index (χ3v) is 2.84. The fourth-order valence-electron chi connectivity index (χ4n) is 2.00. The maximum Gasteiger partial charge on any atom is -0.00991 e. The lowest BCUT2D eigenvalue weighted by atomic mass is 10.00. The third kappa shape index (κ3) is 2.38. The number of aryl methyl sites for hydroxylation is 1. The quantitative estimate of drug-likeness (QED) is 0.638. The molecule has 15 heavy (non-hydrogen) atoms. The Hall–Kier alpha value is -1.30. The van der Waals surface area contributed by atoms with Crippen molar-refractivity contribution in [1.29, 1.82) is 0 Å². The molecule has 0 aliphatic carbocycles. The van der Waals surface area contributed by atoms with Gasteiger partial charge in [-0.3, -0.25) is 0 Å². The van der Waals surface area contributed by atoms with Crippen LogP contribution in [-0.4, -0.2) is 0 Å². The molecule has 2 aromatic carbocycles. The topological polar surface area (TPSA) is 0 Å². The molecule has 2 rings (SSSR count). The van der Waals surface area contributed by atoms with E-state index in [0.29, 0.717) is 0 Å². The fourth-order valence-corrected chi connectivity index (χ4v) is 2.00. The molecule has 0 heterocycles. The summed E-state index contributed by atoms with van der Waals surface area (Å²) in [5.74, 6) is 0. The number of hydrogen-bond acceptors (Lipinski definition) is 0. The minimum Gasteiger partial charge on any atom is -0.0654 e. The van der Waals surface area contributed by atoms with Crippen LogP contribution in [0.15, 0.2) is 36.4 Å². The van der Waals surface area contributed by atoms with E-state index in [2.05, 4.69) is 43.3 Å². The number of unbranched alkanes of at least 4 members (excludes halogenated alkanes) is 2. The van der Waals surface area contributed by atoms with Crippen molar-refractivity contribution in [2.45, 2.75) is 32.6 Å². The van der Waals surface area contributed by atoms with Crippen LogP contribution in [0.2, 0.25) is 0 Å². The zero-order chi connectivity index (χ0) is 10.5. The molecule has 77 valence electrons. The Morgan fingerprint density at radius 3 is 2.87 bits per heavy atom. The van der Waals surface area contributed by atoms with Crippen molar-refractivity contribution in [3.05, 3.63) is 48.0 Å². The standard InChI is InChI=1S/C15H17/c1-2-3-4-8-13-10-7-11-14-9-5-6-12-15(13)14/h5-7,10-12H,2-4,8H2,1H3. The normalized spacial score (nSPS) is 10.7. The third-order valence-electron chi connectivity index (χ3n) is 2.84. The maximum atomic E-state index is 3.28. The van der Waals surface area contributed by atoms with Crippen molar-refractivity contribution in [3.8, 4) is 0 Å². The predicted molar refractivity (Wildman–Crippen MR) is 66.0 cm³/mol. The lowest BCUT2D eigenvalue weighted by molar-refractivity contribution is 0.719. The Labute approximate surface area is 91.9 Å². The van der Waals surface area contributed by atoms with E-state index in [1.165, 1.54) is 42.0 Å². The van der Waals surface area contributed by atoms with Gasteiger partial charge in [-0.1, -0.05) is 56.2 Å². The SMILES string of the molecule is CCCCCc1cccc2[c]cccc12. The average molecular weight is 197 g/mol. The van der Waals surface area contributed by atoms with Crippen LogP contribution in [-0.2, 0) is 6.42 Å². The molecule has 0 nitrogen and oxygen atoms in total.